The van der Waals surface area contributed by atoms with Crippen molar-refractivity contribution >= 4 is 11.8 Å². The Labute approximate surface area is 115 Å². The van der Waals surface area contributed by atoms with Crippen molar-refractivity contribution in [2.75, 3.05) is 5.32 Å². The molecule has 0 atom stereocenters. The number of carbonyl (C=O) groups is 1. The lowest BCUT2D eigenvalue weighted by molar-refractivity contribution is -0.158. The summed E-state index contributed by atoms with van der Waals surface area (Å²) in [5.41, 5.74) is 0.299. The molecule has 0 aliphatic heterocycles. The van der Waals surface area contributed by atoms with Crippen molar-refractivity contribution in [2.24, 2.45) is 0 Å². The Hall–Kier alpha value is -1.76. The normalized spacial score (nSPS) is 12.1. The molecule has 0 unspecified atom stereocenters. The van der Waals surface area contributed by atoms with Crippen LogP contribution in [0, 0.1) is 0 Å². The topological polar surface area (TPSA) is 50.4 Å². The highest BCUT2D eigenvalue weighted by molar-refractivity contribution is 5.84. The van der Waals surface area contributed by atoms with Gasteiger partial charge in [0.15, 0.2) is 0 Å². The molecule has 0 fully saturated rings. The molecule has 0 bridgehead atoms. The molecule has 0 spiro atoms. The van der Waals surface area contributed by atoms with Crippen LogP contribution >= 0.6 is 0 Å². The maximum absolute atomic E-state index is 12.0. The monoisotopic (exact) mass is 290 g/mol. The van der Waals surface area contributed by atoms with Gasteiger partial charge < -0.3 is 4.74 Å². The van der Waals surface area contributed by atoms with Gasteiger partial charge in [0.1, 0.15) is 5.60 Å². The maximum Gasteiger partial charge on any atom is 0.457 e. The van der Waals surface area contributed by atoms with Crippen molar-refractivity contribution < 1.29 is 22.7 Å². The average Bonchev–Trinajstić information content (AvgIpc) is 2.24. The molecular formula is C13H17F3N2O2. The van der Waals surface area contributed by atoms with E-state index in [0.29, 0.717) is 11.3 Å². The molecular weight excluding hydrogens is 273 g/mol. The summed E-state index contributed by atoms with van der Waals surface area (Å²) in [7, 11) is 0. The number of anilines is 1. The van der Waals surface area contributed by atoms with Gasteiger partial charge in [-0.1, -0.05) is 12.1 Å². The number of benzene rings is 1. The van der Waals surface area contributed by atoms with Crippen LogP contribution in [0.5, 0.6) is 0 Å². The summed E-state index contributed by atoms with van der Waals surface area (Å²) in [4.78, 5) is 11.5. The number of nitrogens with one attached hydrogen (secondary N) is 2. The van der Waals surface area contributed by atoms with Crippen LogP contribution in [0.15, 0.2) is 24.3 Å². The van der Waals surface area contributed by atoms with Crippen molar-refractivity contribution in [2.45, 2.75) is 39.2 Å². The Morgan fingerprint density at radius 3 is 2.15 bits per heavy atom. The van der Waals surface area contributed by atoms with E-state index in [-0.39, 0.29) is 6.54 Å². The first-order valence-corrected chi connectivity index (χ1v) is 5.96. The molecule has 0 aliphatic rings. The second-order valence-electron chi connectivity index (χ2n) is 5.18. The fraction of sp³-hybridized carbons (Fsp3) is 0.462. The lowest BCUT2D eigenvalue weighted by atomic mass is 10.2. The van der Waals surface area contributed by atoms with Crippen LogP contribution in [0.25, 0.3) is 0 Å². The summed E-state index contributed by atoms with van der Waals surface area (Å²) in [5.74, 6) is 0. The minimum atomic E-state index is -4.41. The lowest BCUT2D eigenvalue weighted by Crippen LogP contribution is -2.30. The van der Waals surface area contributed by atoms with Crippen LogP contribution in [-0.4, -0.2) is 18.0 Å². The SMILES string of the molecule is CC(C)(C)OC(=O)Nc1ccc(CNC(F)(F)F)cc1. The predicted molar refractivity (Wildman–Crippen MR) is 69.2 cm³/mol. The first kappa shape index (κ1) is 16.3. The standard InChI is InChI=1S/C13H17F3N2O2/c1-12(2,3)20-11(19)18-10-6-4-9(5-7-10)8-17-13(14,15)16/h4-7,17H,8H2,1-3H3,(H,18,19). The minimum absolute atomic E-state index is 0.323. The van der Waals surface area contributed by atoms with Crippen molar-refractivity contribution in [3.63, 3.8) is 0 Å². The highest BCUT2D eigenvalue weighted by Gasteiger charge is 2.25. The van der Waals surface area contributed by atoms with Crippen LogP contribution < -0.4 is 10.6 Å². The zero-order chi connectivity index (χ0) is 15.4. The molecule has 4 nitrogen and oxygen atoms in total. The Morgan fingerprint density at radius 1 is 1.15 bits per heavy atom. The predicted octanol–water partition coefficient (Wildman–Crippen LogP) is 3.64. The van der Waals surface area contributed by atoms with E-state index in [0.717, 1.165) is 0 Å². The quantitative estimate of drug-likeness (QED) is 0.836. The van der Waals surface area contributed by atoms with E-state index < -0.39 is 18.0 Å². The fourth-order valence-electron chi connectivity index (χ4n) is 1.33. The highest BCUT2D eigenvalue weighted by atomic mass is 19.4. The Kier molecular flexibility index (Phi) is 4.99. The first-order chi connectivity index (χ1) is 9.05. The van der Waals surface area contributed by atoms with Crippen molar-refractivity contribution in [3.8, 4) is 0 Å². The summed E-state index contributed by atoms with van der Waals surface area (Å²) in [5, 5.41) is 3.91. The van der Waals surface area contributed by atoms with Gasteiger partial charge in [-0.25, -0.2) is 10.1 Å². The molecule has 0 heterocycles. The lowest BCUT2D eigenvalue weighted by Gasteiger charge is -2.19. The largest absolute Gasteiger partial charge is 0.457 e. The number of hydrogen-bond donors (Lipinski definition) is 2. The second kappa shape index (κ2) is 6.13. The van der Waals surface area contributed by atoms with Gasteiger partial charge in [-0.2, -0.15) is 13.2 Å². The molecule has 20 heavy (non-hydrogen) atoms. The maximum atomic E-state index is 12.0. The van der Waals surface area contributed by atoms with Crippen LogP contribution in [0.1, 0.15) is 26.3 Å². The number of alkyl halides is 3. The van der Waals surface area contributed by atoms with Gasteiger partial charge in [-0.15, -0.1) is 0 Å². The number of rotatable bonds is 3. The van der Waals surface area contributed by atoms with Gasteiger partial charge in [-0.05, 0) is 38.5 Å². The summed E-state index contributed by atoms with van der Waals surface area (Å²) in [6, 6.07) is 6.01. The molecule has 1 aromatic rings. The molecule has 2 N–H and O–H groups in total. The van der Waals surface area contributed by atoms with Gasteiger partial charge in [-0.3, -0.25) is 5.32 Å². The number of amides is 1. The number of carbonyl (C=O) groups excluding carboxylic acids is 1. The number of halogens is 3. The van der Waals surface area contributed by atoms with E-state index in [4.69, 9.17) is 4.74 Å². The van der Waals surface area contributed by atoms with E-state index in [1.54, 1.807) is 20.8 Å². The molecule has 0 saturated heterocycles. The smallest absolute Gasteiger partial charge is 0.444 e. The molecule has 112 valence electrons. The zero-order valence-electron chi connectivity index (χ0n) is 11.5. The Morgan fingerprint density at radius 2 is 1.70 bits per heavy atom. The fourth-order valence-corrected chi connectivity index (χ4v) is 1.33. The first-order valence-electron chi connectivity index (χ1n) is 5.96. The summed E-state index contributed by atoms with van der Waals surface area (Å²) in [6.45, 7) is 4.88. The summed E-state index contributed by atoms with van der Waals surface area (Å²) in [6.07, 6.45) is -5.02. The molecule has 1 amide bonds. The van der Waals surface area contributed by atoms with Gasteiger partial charge >= 0.3 is 12.4 Å². The molecule has 1 aromatic carbocycles. The van der Waals surface area contributed by atoms with E-state index in [1.807, 2.05) is 0 Å². The molecule has 0 radical (unpaired) electrons. The molecule has 7 heteroatoms. The van der Waals surface area contributed by atoms with E-state index in [9.17, 15) is 18.0 Å². The Balaban J connectivity index is 2.52. The second-order valence-corrected chi connectivity index (χ2v) is 5.18. The van der Waals surface area contributed by atoms with Gasteiger partial charge in [0.05, 0.1) is 0 Å². The van der Waals surface area contributed by atoms with Crippen LogP contribution in [0.3, 0.4) is 0 Å². The highest BCUT2D eigenvalue weighted by Crippen LogP contribution is 2.15. The van der Waals surface area contributed by atoms with Gasteiger partial charge in [0.25, 0.3) is 0 Å². The van der Waals surface area contributed by atoms with E-state index >= 15 is 0 Å². The van der Waals surface area contributed by atoms with Crippen molar-refractivity contribution in [1.29, 1.82) is 0 Å². The number of hydrogen-bond acceptors (Lipinski definition) is 3. The summed E-state index contributed by atoms with van der Waals surface area (Å²) >= 11 is 0. The molecule has 0 saturated carbocycles. The minimum Gasteiger partial charge on any atom is -0.444 e. The van der Waals surface area contributed by atoms with Crippen molar-refractivity contribution in [3.05, 3.63) is 29.8 Å². The molecule has 1 rings (SSSR count). The van der Waals surface area contributed by atoms with Crippen LogP contribution in [0.4, 0.5) is 23.7 Å². The average molecular weight is 290 g/mol. The zero-order valence-corrected chi connectivity index (χ0v) is 11.5. The number of ether oxygens (including phenoxy) is 1. The third kappa shape index (κ3) is 6.98. The van der Waals surface area contributed by atoms with E-state index in [1.165, 1.54) is 29.6 Å². The molecule has 0 aromatic heterocycles. The molecule has 0 aliphatic carbocycles. The van der Waals surface area contributed by atoms with Crippen molar-refractivity contribution in [1.82, 2.24) is 5.32 Å². The Bertz CT molecular complexity index is 450. The van der Waals surface area contributed by atoms with Crippen LogP contribution in [-0.2, 0) is 11.3 Å². The third-order valence-electron chi connectivity index (χ3n) is 2.09. The summed E-state index contributed by atoms with van der Waals surface area (Å²) < 4.78 is 40.9. The third-order valence-corrected chi connectivity index (χ3v) is 2.09. The van der Waals surface area contributed by atoms with E-state index in [2.05, 4.69) is 5.32 Å². The van der Waals surface area contributed by atoms with Crippen LogP contribution in [0.2, 0.25) is 0 Å². The van der Waals surface area contributed by atoms with Gasteiger partial charge in [0, 0.05) is 12.2 Å². The van der Waals surface area contributed by atoms with Gasteiger partial charge in [0.2, 0.25) is 0 Å².